The Balaban J connectivity index is 1.89. The average molecular weight is 428 g/mol. The smallest absolute Gasteiger partial charge is 0.418 e. The zero-order valence-electron chi connectivity index (χ0n) is 15.7. The van der Waals surface area contributed by atoms with Crippen molar-refractivity contribution >= 4 is 29.2 Å². The summed E-state index contributed by atoms with van der Waals surface area (Å²) in [7, 11) is 0. The predicted molar refractivity (Wildman–Crippen MR) is 107 cm³/mol. The van der Waals surface area contributed by atoms with Crippen LogP contribution in [0, 0.1) is 0 Å². The van der Waals surface area contributed by atoms with Gasteiger partial charge in [-0.3, -0.25) is 9.59 Å². The first-order chi connectivity index (χ1) is 14.7. The van der Waals surface area contributed by atoms with E-state index in [4.69, 9.17) is 0 Å². The second-order valence-electron chi connectivity index (χ2n) is 6.35. The number of carboxylic acid groups (broad SMARTS) is 1. The minimum atomic E-state index is -4.67. The van der Waals surface area contributed by atoms with Crippen LogP contribution in [0.1, 0.15) is 36.6 Å². The third-order valence-electron chi connectivity index (χ3n) is 4.30. The number of anilines is 2. The molecule has 3 aromatic carbocycles. The molecule has 0 aliphatic rings. The lowest BCUT2D eigenvalue weighted by Crippen LogP contribution is -2.21. The summed E-state index contributed by atoms with van der Waals surface area (Å²) in [6.07, 6.45) is -4.67. The fourth-order valence-electron chi connectivity index (χ4n) is 2.88. The normalized spacial score (nSPS) is 10.9. The fraction of sp³-hybridized carbons (Fsp3) is 0.0455. The van der Waals surface area contributed by atoms with Crippen molar-refractivity contribution < 1.29 is 32.7 Å². The molecule has 0 aliphatic carbocycles. The Labute approximate surface area is 174 Å². The van der Waals surface area contributed by atoms with E-state index in [2.05, 4.69) is 10.6 Å². The molecule has 0 unspecified atom stereocenters. The SMILES string of the molecule is O=C(Nc1ccccc1C(F)(F)F)c1ccccc1NC(=O)c1ccccc1C(=O)O. The molecule has 0 bridgehead atoms. The standard InChI is InChI=1S/C22H15F3N2O4/c23-22(24,25)16-10-4-6-12-18(16)27-20(29)15-9-3-5-11-17(15)26-19(28)13-7-1-2-8-14(13)21(30)31/h1-12H,(H,26,28)(H,27,29)(H,30,31). The van der Waals surface area contributed by atoms with Crippen molar-refractivity contribution in [3.05, 3.63) is 95.1 Å². The number of hydrogen-bond acceptors (Lipinski definition) is 3. The molecule has 31 heavy (non-hydrogen) atoms. The molecule has 9 heteroatoms. The van der Waals surface area contributed by atoms with Gasteiger partial charge in [0.15, 0.2) is 0 Å². The highest BCUT2D eigenvalue weighted by Gasteiger charge is 2.33. The molecular weight excluding hydrogens is 413 g/mol. The minimum absolute atomic E-state index is 0.00896. The van der Waals surface area contributed by atoms with Gasteiger partial charge in [-0.1, -0.05) is 36.4 Å². The van der Waals surface area contributed by atoms with E-state index in [1.165, 1.54) is 60.7 Å². The molecule has 0 saturated heterocycles. The van der Waals surface area contributed by atoms with Gasteiger partial charge in [-0.2, -0.15) is 13.2 Å². The van der Waals surface area contributed by atoms with Crippen molar-refractivity contribution in [1.29, 1.82) is 0 Å². The molecule has 3 N–H and O–H groups in total. The minimum Gasteiger partial charge on any atom is -0.478 e. The molecule has 3 aromatic rings. The lowest BCUT2D eigenvalue weighted by molar-refractivity contribution is -0.136. The zero-order chi connectivity index (χ0) is 22.6. The number of carbonyl (C=O) groups is 3. The number of rotatable bonds is 5. The first kappa shape index (κ1) is 21.6. The van der Waals surface area contributed by atoms with Crippen molar-refractivity contribution in [3.63, 3.8) is 0 Å². The highest BCUT2D eigenvalue weighted by atomic mass is 19.4. The molecule has 0 fully saturated rings. The fourth-order valence-corrected chi connectivity index (χ4v) is 2.88. The average Bonchev–Trinajstić information content (AvgIpc) is 2.73. The first-order valence-corrected chi connectivity index (χ1v) is 8.88. The Kier molecular flexibility index (Phi) is 6.05. The Morgan fingerprint density at radius 3 is 1.71 bits per heavy atom. The number of carboxylic acids is 1. The van der Waals surface area contributed by atoms with Crippen LogP contribution in [0.25, 0.3) is 0 Å². The third-order valence-corrected chi connectivity index (χ3v) is 4.30. The summed E-state index contributed by atoms with van der Waals surface area (Å²) in [6, 6.07) is 15.7. The van der Waals surface area contributed by atoms with E-state index in [1.54, 1.807) is 0 Å². The number of hydrogen-bond donors (Lipinski definition) is 3. The monoisotopic (exact) mass is 428 g/mol. The predicted octanol–water partition coefficient (Wildman–Crippen LogP) is 4.91. The second-order valence-corrected chi connectivity index (χ2v) is 6.35. The quantitative estimate of drug-likeness (QED) is 0.538. The van der Waals surface area contributed by atoms with Crippen LogP contribution in [0.5, 0.6) is 0 Å². The van der Waals surface area contributed by atoms with Crippen LogP contribution < -0.4 is 10.6 Å². The third kappa shape index (κ3) is 4.89. The topological polar surface area (TPSA) is 95.5 Å². The number of nitrogens with one attached hydrogen (secondary N) is 2. The summed E-state index contributed by atoms with van der Waals surface area (Å²) in [4.78, 5) is 36.6. The Morgan fingerprint density at radius 2 is 1.10 bits per heavy atom. The Morgan fingerprint density at radius 1 is 0.645 bits per heavy atom. The molecule has 0 atom stereocenters. The van der Waals surface area contributed by atoms with Gasteiger partial charge in [0.25, 0.3) is 11.8 Å². The van der Waals surface area contributed by atoms with E-state index < -0.39 is 35.2 Å². The molecule has 0 saturated carbocycles. The van der Waals surface area contributed by atoms with Gasteiger partial charge in [-0.15, -0.1) is 0 Å². The molecule has 6 nitrogen and oxygen atoms in total. The van der Waals surface area contributed by atoms with Crippen molar-refractivity contribution in [3.8, 4) is 0 Å². The van der Waals surface area contributed by atoms with E-state index in [-0.39, 0.29) is 22.4 Å². The summed E-state index contributed by atoms with van der Waals surface area (Å²) in [5, 5.41) is 13.9. The maximum atomic E-state index is 13.2. The molecule has 0 aliphatic heterocycles. The Bertz CT molecular complexity index is 1160. The van der Waals surface area contributed by atoms with E-state index >= 15 is 0 Å². The van der Waals surface area contributed by atoms with Crippen LogP contribution in [-0.2, 0) is 6.18 Å². The van der Waals surface area contributed by atoms with Gasteiger partial charge in [0.2, 0.25) is 0 Å². The lowest BCUT2D eigenvalue weighted by Gasteiger charge is -2.15. The summed E-state index contributed by atoms with van der Waals surface area (Å²) in [5.41, 5.74) is -1.90. The number of carbonyl (C=O) groups excluding carboxylic acids is 2. The first-order valence-electron chi connectivity index (χ1n) is 8.88. The molecule has 158 valence electrons. The van der Waals surface area contributed by atoms with Crippen LogP contribution in [0.15, 0.2) is 72.8 Å². The van der Waals surface area contributed by atoms with Crippen molar-refractivity contribution in [2.45, 2.75) is 6.18 Å². The molecule has 0 radical (unpaired) electrons. The number of alkyl halides is 3. The number of aromatic carboxylic acids is 1. The molecule has 0 heterocycles. The number of benzene rings is 3. The second kappa shape index (κ2) is 8.70. The largest absolute Gasteiger partial charge is 0.478 e. The number of para-hydroxylation sites is 2. The van der Waals surface area contributed by atoms with Crippen LogP contribution >= 0.6 is 0 Å². The maximum Gasteiger partial charge on any atom is 0.418 e. The summed E-state index contributed by atoms with van der Waals surface area (Å²) >= 11 is 0. The highest BCUT2D eigenvalue weighted by molar-refractivity contribution is 6.15. The summed E-state index contributed by atoms with van der Waals surface area (Å²) in [6.45, 7) is 0. The van der Waals surface area contributed by atoms with Crippen LogP contribution in [0.2, 0.25) is 0 Å². The van der Waals surface area contributed by atoms with Crippen LogP contribution in [-0.4, -0.2) is 22.9 Å². The molecular formula is C22H15F3N2O4. The molecule has 2 amide bonds. The summed E-state index contributed by atoms with van der Waals surface area (Å²) < 4.78 is 39.6. The van der Waals surface area contributed by atoms with Crippen molar-refractivity contribution in [2.75, 3.05) is 10.6 Å². The van der Waals surface area contributed by atoms with Gasteiger partial charge in [-0.05, 0) is 36.4 Å². The van der Waals surface area contributed by atoms with Crippen molar-refractivity contribution in [1.82, 2.24) is 0 Å². The molecule has 0 aromatic heterocycles. The number of amides is 2. The van der Waals surface area contributed by atoms with Crippen LogP contribution in [0.3, 0.4) is 0 Å². The molecule has 0 spiro atoms. The summed E-state index contributed by atoms with van der Waals surface area (Å²) in [5.74, 6) is -2.96. The van der Waals surface area contributed by atoms with Crippen LogP contribution in [0.4, 0.5) is 24.5 Å². The van der Waals surface area contributed by atoms with E-state index in [9.17, 15) is 32.7 Å². The van der Waals surface area contributed by atoms with E-state index in [0.29, 0.717) is 0 Å². The van der Waals surface area contributed by atoms with Gasteiger partial charge in [0.1, 0.15) is 0 Å². The van der Waals surface area contributed by atoms with Gasteiger partial charge in [0, 0.05) is 0 Å². The highest BCUT2D eigenvalue weighted by Crippen LogP contribution is 2.35. The van der Waals surface area contributed by atoms with Gasteiger partial charge in [-0.25, -0.2) is 4.79 Å². The van der Waals surface area contributed by atoms with Crippen molar-refractivity contribution in [2.24, 2.45) is 0 Å². The lowest BCUT2D eigenvalue weighted by atomic mass is 10.1. The van der Waals surface area contributed by atoms with Gasteiger partial charge in [0.05, 0.1) is 33.6 Å². The zero-order valence-corrected chi connectivity index (χ0v) is 15.7. The van der Waals surface area contributed by atoms with Gasteiger partial charge >= 0.3 is 12.1 Å². The van der Waals surface area contributed by atoms with E-state index in [1.807, 2.05) is 0 Å². The number of halogens is 3. The van der Waals surface area contributed by atoms with E-state index in [0.717, 1.165) is 12.1 Å². The Hall–Kier alpha value is -4.14. The molecule has 3 rings (SSSR count). The maximum absolute atomic E-state index is 13.2. The van der Waals surface area contributed by atoms with Gasteiger partial charge < -0.3 is 15.7 Å².